The van der Waals surface area contributed by atoms with E-state index < -0.39 is 28.6 Å². The minimum atomic E-state index is -1.16. The molecule has 0 spiro atoms. The first-order valence-corrected chi connectivity index (χ1v) is 17.3. The number of piperazine rings is 1. The lowest BCUT2D eigenvalue weighted by molar-refractivity contribution is -0.131. The number of ether oxygens (including phenoxy) is 4. The summed E-state index contributed by atoms with van der Waals surface area (Å²) in [6, 6.07) is 17.9. The van der Waals surface area contributed by atoms with E-state index in [1.54, 1.807) is 48.5 Å². The first kappa shape index (κ1) is 36.5. The molecule has 0 bridgehead atoms. The normalized spacial score (nSPS) is 15.5. The summed E-state index contributed by atoms with van der Waals surface area (Å²) in [5, 5.41) is 6.31. The number of aromatic nitrogens is 1. The van der Waals surface area contributed by atoms with Crippen LogP contribution in [0.25, 0.3) is 10.9 Å². The third-order valence-electron chi connectivity index (χ3n) is 9.00. The Kier molecular flexibility index (Phi) is 10.9. The zero-order valence-electron chi connectivity index (χ0n) is 29.9. The molecule has 2 aliphatic rings. The van der Waals surface area contributed by atoms with E-state index >= 15 is 0 Å². The Labute approximate surface area is 302 Å². The molecule has 2 N–H and O–H groups in total. The number of carbonyl (C=O) groups is 3. The minimum Gasteiger partial charge on any atom is -0.496 e. The van der Waals surface area contributed by atoms with Gasteiger partial charge < -0.3 is 34.5 Å². The molecule has 1 saturated carbocycles. The molecule has 1 saturated heterocycles. The predicted molar refractivity (Wildman–Crippen MR) is 194 cm³/mol. The molecule has 274 valence electrons. The average molecular weight is 714 g/mol. The quantitative estimate of drug-likeness (QED) is 0.123. The third kappa shape index (κ3) is 8.96. The molecular formula is C39H44FN5O7. The molecule has 1 aliphatic heterocycles. The largest absolute Gasteiger partial charge is 0.496 e. The van der Waals surface area contributed by atoms with Gasteiger partial charge in [-0.05, 0) is 100 Å². The molecule has 52 heavy (non-hydrogen) atoms. The zero-order valence-corrected chi connectivity index (χ0v) is 29.9. The van der Waals surface area contributed by atoms with E-state index in [1.807, 2.05) is 32.9 Å². The van der Waals surface area contributed by atoms with Crippen LogP contribution in [0.5, 0.6) is 17.2 Å². The number of nitrogens with one attached hydrogen (secondary N) is 2. The number of nitrogens with zero attached hydrogens (tertiary/aromatic N) is 3. The monoisotopic (exact) mass is 713 g/mol. The highest BCUT2D eigenvalue weighted by molar-refractivity contribution is 6.16. The van der Waals surface area contributed by atoms with Gasteiger partial charge in [-0.15, -0.1) is 0 Å². The number of rotatable bonds is 12. The molecule has 4 aromatic rings. The molecule has 13 heteroatoms. The van der Waals surface area contributed by atoms with Crippen molar-refractivity contribution in [2.45, 2.75) is 45.8 Å². The van der Waals surface area contributed by atoms with Crippen molar-refractivity contribution in [3.05, 3.63) is 84.3 Å². The number of amides is 3. The van der Waals surface area contributed by atoms with Gasteiger partial charge in [0, 0.05) is 61.2 Å². The lowest BCUT2D eigenvalue weighted by Gasteiger charge is -2.35. The fourth-order valence-electron chi connectivity index (χ4n) is 5.89. The maximum atomic E-state index is 13.2. The summed E-state index contributed by atoms with van der Waals surface area (Å²) < 4.78 is 36.7. The van der Waals surface area contributed by atoms with Crippen molar-refractivity contribution in [3.63, 3.8) is 0 Å². The van der Waals surface area contributed by atoms with Crippen LogP contribution in [0.4, 0.5) is 20.6 Å². The van der Waals surface area contributed by atoms with Crippen molar-refractivity contribution in [2.75, 3.05) is 57.1 Å². The standard InChI is InChI=1S/C39H44FN5O7/c1-38(2,3)52-37(48)45-19-17-44(18-20-45)21-22-50-25-26-23-32-31(24-34(26)49-4)33(13-16-41-32)51-30-11-9-29(10-12-30)43-36(47)39(14-15-39)35(46)42-28-7-5-27(40)6-8-28/h5-13,16,23-24H,14-15,17-22,25H2,1-4H3,(H,42,46)(H,43,47). The van der Waals surface area contributed by atoms with Crippen LogP contribution >= 0.6 is 0 Å². The van der Waals surface area contributed by atoms with E-state index in [0.717, 1.165) is 30.6 Å². The van der Waals surface area contributed by atoms with Gasteiger partial charge in [-0.25, -0.2) is 9.18 Å². The van der Waals surface area contributed by atoms with Gasteiger partial charge >= 0.3 is 6.09 Å². The number of fused-ring (bicyclic) bond motifs is 1. The molecule has 12 nitrogen and oxygen atoms in total. The van der Waals surface area contributed by atoms with Gasteiger partial charge in [0.25, 0.3) is 0 Å². The van der Waals surface area contributed by atoms with Gasteiger partial charge in [-0.3, -0.25) is 19.5 Å². The van der Waals surface area contributed by atoms with E-state index in [9.17, 15) is 18.8 Å². The predicted octanol–water partition coefficient (Wildman–Crippen LogP) is 6.60. The first-order chi connectivity index (χ1) is 24.9. The molecule has 2 heterocycles. The molecule has 3 aromatic carbocycles. The van der Waals surface area contributed by atoms with Gasteiger partial charge in [0.15, 0.2) is 0 Å². The van der Waals surface area contributed by atoms with Crippen LogP contribution in [0, 0.1) is 11.2 Å². The van der Waals surface area contributed by atoms with Crippen LogP contribution < -0.4 is 20.1 Å². The van der Waals surface area contributed by atoms with Crippen LogP contribution in [-0.4, -0.2) is 84.7 Å². The van der Waals surface area contributed by atoms with Crippen molar-refractivity contribution in [2.24, 2.45) is 5.41 Å². The number of benzene rings is 3. The Hall–Kier alpha value is -5.27. The maximum Gasteiger partial charge on any atom is 0.410 e. The number of carbonyl (C=O) groups excluding carboxylic acids is 3. The molecule has 0 atom stereocenters. The highest BCUT2D eigenvalue weighted by Crippen LogP contribution is 2.47. The fraction of sp³-hybridized carbons (Fsp3) is 0.385. The Morgan fingerprint density at radius 1 is 0.865 bits per heavy atom. The van der Waals surface area contributed by atoms with Crippen molar-refractivity contribution >= 4 is 40.2 Å². The average Bonchev–Trinajstić information content (AvgIpc) is 3.94. The second-order valence-corrected chi connectivity index (χ2v) is 14.0. The fourth-order valence-corrected chi connectivity index (χ4v) is 5.89. The van der Waals surface area contributed by atoms with E-state index in [1.165, 1.54) is 24.3 Å². The molecule has 1 aliphatic carbocycles. The highest BCUT2D eigenvalue weighted by Gasteiger charge is 2.56. The molecular weight excluding hydrogens is 669 g/mol. The van der Waals surface area contributed by atoms with Crippen LogP contribution in [-0.2, 0) is 25.7 Å². The highest BCUT2D eigenvalue weighted by atomic mass is 19.1. The zero-order chi connectivity index (χ0) is 36.9. The van der Waals surface area contributed by atoms with Crippen LogP contribution in [0.15, 0.2) is 72.9 Å². The summed E-state index contributed by atoms with van der Waals surface area (Å²) in [5.41, 5.74) is 0.846. The van der Waals surface area contributed by atoms with E-state index in [2.05, 4.69) is 20.5 Å². The van der Waals surface area contributed by atoms with Crippen LogP contribution in [0.3, 0.4) is 0 Å². The molecule has 0 radical (unpaired) electrons. The van der Waals surface area contributed by atoms with Gasteiger partial charge in [0.2, 0.25) is 11.8 Å². The molecule has 2 fully saturated rings. The lowest BCUT2D eigenvalue weighted by atomic mass is 10.0. The lowest BCUT2D eigenvalue weighted by Crippen LogP contribution is -2.50. The van der Waals surface area contributed by atoms with E-state index in [-0.39, 0.29) is 6.09 Å². The van der Waals surface area contributed by atoms with Crippen molar-refractivity contribution < 1.29 is 37.7 Å². The van der Waals surface area contributed by atoms with E-state index in [4.69, 9.17) is 18.9 Å². The first-order valence-electron chi connectivity index (χ1n) is 17.3. The van der Waals surface area contributed by atoms with Gasteiger partial charge in [0.05, 0.1) is 25.8 Å². The topological polar surface area (TPSA) is 132 Å². The Morgan fingerprint density at radius 3 is 2.10 bits per heavy atom. The SMILES string of the molecule is COc1cc2c(Oc3ccc(NC(=O)C4(C(=O)Nc5ccc(F)cc5)CC4)cc3)ccnc2cc1COCCN1CCN(C(=O)OC(C)(C)C)CC1. The van der Waals surface area contributed by atoms with Gasteiger partial charge in [-0.1, -0.05) is 0 Å². The summed E-state index contributed by atoms with van der Waals surface area (Å²) in [5.74, 6) is 0.538. The minimum absolute atomic E-state index is 0.274. The number of methoxy groups -OCH3 is 1. The Bertz CT molecular complexity index is 1900. The van der Waals surface area contributed by atoms with Gasteiger partial charge in [-0.2, -0.15) is 0 Å². The van der Waals surface area contributed by atoms with Crippen molar-refractivity contribution in [1.82, 2.24) is 14.8 Å². The number of halogens is 1. The smallest absolute Gasteiger partial charge is 0.410 e. The summed E-state index contributed by atoms with van der Waals surface area (Å²) in [7, 11) is 1.61. The number of hydrogen-bond donors (Lipinski definition) is 2. The maximum absolute atomic E-state index is 13.2. The van der Waals surface area contributed by atoms with Crippen LogP contribution in [0.1, 0.15) is 39.2 Å². The van der Waals surface area contributed by atoms with Crippen molar-refractivity contribution in [1.29, 1.82) is 0 Å². The Morgan fingerprint density at radius 2 is 1.50 bits per heavy atom. The summed E-state index contributed by atoms with van der Waals surface area (Å²) in [6.45, 7) is 9.95. The summed E-state index contributed by atoms with van der Waals surface area (Å²) in [4.78, 5) is 46.9. The van der Waals surface area contributed by atoms with Crippen molar-refractivity contribution in [3.8, 4) is 17.2 Å². The number of pyridine rings is 1. The second kappa shape index (κ2) is 15.5. The van der Waals surface area contributed by atoms with E-state index in [0.29, 0.717) is 73.3 Å². The number of anilines is 2. The third-order valence-corrected chi connectivity index (χ3v) is 9.00. The summed E-state index contributed by atoms with van der Waals surface area (Å²) >= 11 is 0. The second-order valence-electron chi connectivity index (χ2n) is 14.0. The van der Waals surface area contributed by atoms with Crippen LogP contribution in [0.2, 0.25) is 0 Å². The van der Waals surface area contributed by atoms with Gasteiger partial charge in [0.1, 0.15) is 34.1 Å². The summed E-state index contributed by atoms with van der Waals surface area (Å²) in [6.07, 6.45) is 2.25. The molecule has 0 unspecified atom stereocenters. The Balaban J connectivity index is 1.01. The number of hydrogen-bond acceptors (Lipinski definition) is 9. The molecule has 1 aromatic heterocycles. The molecule has 6 rings (SSSR count). The molecule has 3 amide bonds.